The van der Waals surface area contributed by atoms with Gasteiger partial charge in [0, 0.05) is 18.5 Å². The number of benzene rings is 1. The Kier molecular flexibility index (Phi) is 5.72. The van der Waals surface area contributed by atoms with Gasteiger partial charge in [-0.3, -0.25) is 9.59 Å². The van der Waals surface area contributed by atoms with Gasteiger partial charge in [-0.15, -0.1) is 0 Å². The summed E-state index contributed by atoms with van der Waals surface area (Å²) in [4.78, 5) is 23.9. The summed E-state index contributed by atoms with van der Waals surface area (Å²) >= 11 is 0. The minimum Gasteiger partial charge on any atom is -0.321 e. The number of alkyl halides is 2. The van der Waals surface area contributed by atoms with Crippen molar-refractivity contribution < 1.29 is 35.2 Å². The lowest BCUT2D eigenvalue weighted by atomic mass is 10.1. The molecule has 13 heteroatoms. The number of nitrogens with one attached hydrogen (secondary N) is 1. The highest BCUT2D eigenvalue weighted by Crippen LogP contribution is 2.23. The molecule has 1 aromatic rings. The lowest BCUT2D eigenvalue weighted by Gasteiger charge is -2.27. The Morgan fingerprint density at radius 1 is 1.21 bits per heavy atom. The second-order valence-corrected chi connectivity index (χ2v) is 10.8. The van der Waals surface area contributed by atoms with Crippen LogP contribution in [0.15, 0.2) is 34.3 Å². The number of anilines is 1. The SMILES string of the molecule is O=C(Nc1ccc(S(=O)(=O)C(F)F)cc1)C1=NN(C2CCS(=O)(=O)C2)C(=O)CC1. The van der Waals surface area contributed by atoms with Crippen LogP contribution in [0.25, 0.3) is 0 Å². The number of nitrogens with zero attached hydrogens (tertiary/aromatic N) is 2. The number of halogens is 2. The van der Waals surface area contributed by atoms with E-state index in [1.807, 2.05) is 0 Å². The summed E-state index contributed by atoms with van der Waals surface area (Å²) in [5.41, 5.74) is 0.163. The maximum absolute atomic E-state index is 12.6. The molecule has 29 heavy (non-hydrogen) atoms. The Bertz CT molecular complexity index is 1070. The number of hydrogen-bond acceptors (Lipinski definition) is 7. The van der Waals surface area contributed by atoms with Gasteiger partial charge >= 0.3 is 5.76 Å². The number of hydrogen-bond donors (Lipinski definition) is 1. The molecule has 0 saturated carbocycles. The molecule has 2 amide bonds. The maximum atomic E-state index is 12.6. The number of amides is 2. The van der Waals surface area contributed by atoms with E-state index in [4.69, 9.17) is 0 Å². The fourth-order valence-corrected chi connectivity index (χ4v) is 5.44. The lowest BCUT2D eigenvalue weighted by Crippen LogP contribution is -2.42. The summed E-state index contributed by atoms with van der Waals surface area (Å²) in [6, 6.07) is 3.58. The molecule has 1 aromatic carbocycles. The van der Waals surface area contributed by atoms with Gasteiger partial charge in [-0.25, -0.2) is 21.8 Å². The molecular weight excluding hydrogens is 432 g/mol. The summed E-state index contributed by atoms with van der Waals surface area (Å²) in [5.74, 6) is -4.84. The Labute approximate surface area is 165 Å². The third-order valence-electron chi connectivity index (χ3n) is 4.55. The van der Waals surface area contributed by atoms with Crippen LogP contribution < -0.4 is 5.32 Å². The highest BCUT2D eigenvalue weighted by atomic mass is 32.2. The largest absolute Gasteiger partial charge is 0.341 e. The molecule has 0 radical (unpaired) electrons. The van der Waals surface area contributed by atoms with E-state index in [-0.39, 0.29) is 48.1 Å². The van der Waals surface area contributed by atoms with Crippen LogP contribution in [0.2, 0.25) is 0 Å². The average molecular weight is 449 g/mol. The molecule has 9 nitrogen and oxygen atoms in total. The molecule has 2 aliphatic heterocycles. The monoisotopic (exact) mass is 449 g/mol. The maximum Gasteiger partial charge on any atom is 0.341 e. The van der Waals surface area contributed by atoms with Crippen molar-refractivity contribution in [3.8, 4) is 0 Å². The lowest BCUT2D eigenvalue weighted by molar-refractivity contribution is -0.133. The Balaban J connectivity index is 1.73. The third kappa shape index (κ3) is 4.61. The van der Waals surface area contributed by atoms with Crippen LogP contribution in [0.1, 0.15) is 19.3 Å². The number of rotatable bonds is 5. The van der Waals surface area contributed by atoms with E-state index in [0.29, 0.717) is 0 Å². The first-order valence-corrected chi connectivity index (χ1v) is 11.9. The van der Waals surface area contributed by atoms with Crippen molar-refractivity contribution in [2.45, 2.75) is 36.0 Å². The summed E-state index contributed by atoms with van der Waals surface area (Å²) in [7, 11) is -7.98. The number of carbonyl (C=O) groups excluding carboxylic acids is 2. The number of hydrazone groups is 1. The van der Waals surface area contributed by atoms with E-state index >= 15 is 0 Å². The van der Waals surface area contributed by atoms with Gasteiger partial charge in [-0.2, -0.15) is 13.9 Å². The molecular formula is C16H17F2N3O6S2. The van der Waals surface area contributed by atoms with Gasteiger partial charge in [-0.1, -0.05) is 0 Å². The zero-order valence-corrected chi connectivity index (χ0v) is 16.5. The van der Waals surface area contributed by atoms with Gasteiger partial charge in [0.2, 0.25) is 15.7 Å². The zero-order chi connectivity index (χ0) is 21.4. The van der Waals surface area contributed by atoms with Gasteiger partial charge in [0.1, 0.15) is 5.71 Å². The highest BCUT2D eigenvalue weighted by Gasteiger charge is 2.37. The van der Waals surface area contributed by atoms with Crippen LogP contribution >= 0.6 is 0 Å². The molecule has 1 atom stereocenters. The van der Waals surface area contributed by atoms with Crippen molar-refractivity contribution in [1.82, 2.24) is 5.01 Å². The minimum atomic E-state index is -4.74. The molecule has 0 spiro atoms. The molecule has 158 valence electrons. The van der Waals surface area contributed by atoms with Gasteiger partial charge in [0.05, 0.1) is 22.4 Å². The van der Waals surface area contributed by atoms with Gasteiger partial charge in [0.25, 0.3) is 5.91 Å². The summed E-state index contributed by atoms with van der Waals surface area (Å²) in [6.45, 7) is 0. The standard InChI is InChI=1S/C16H17F2N3O6S2/c17-16(18)29(26,27)12-3-1-10(2-4-12)19-15(23)13-5-6-14(22)21(20-13)11-7-8-28(24,25)9-11/h1-4,11,16H,5-9H2,(H,19,23). The molecule has 1 fully saturated rings. The normalized spacial score (nSPS) is 21.9. The second-order valence-electron chi connectivity index (χ2n) is 6.63. The Hall–Kier alpha value is -2.41. The minimum absolute atomic E-state index is 0.00558. The van der Waals surface area contributed by atoms with Crippen molar-refractivity contribution in [2.24, 2.45) is 5.10 Å². The van der Waals surface area contributed by atoms with Crippen LogP contribution in [0.3, 0.4) is 0 Å². The van der Waals surface area contributed by atoms with Gasteiger partial charge < -0.3 is 5.32 Å². The first kappa shape index (κ1) is 21.3. The smallest absolute Gasteiger partial charge is 0.321 e. The fraction of sp³-hybridized carbons (Fsp3) is 0.438. The van der Waals surface area contributed by atoms with E-state index < -0.39 is 42.3 Å². The van der Waals surface area contributed by atoms with Crippen LogP contribution in [-0.4, -0.2) is 62.7 Å². The summed E-state index contributed by atoms with van der Waals surface area (Å²) < 4.78 is 71.2. The highest BCUT2D eigenvalue weighted by molar-refractivity contribution is 7.92. The first-order valence-electron chi connectivity index (χ1n) is 8.53. The second kappa shape index (κ2) is 7.78. The van der Waals surface area contributed by atoms with E-state index in [1.54, 1.807) is 0 Å². The topological polar surface area (TPSA) is 130 Å². The molecule has 0 bridgehead atoms. The van der Waals surface area contributed by atoms with E-state index in [0.717, 1.165) is 29.3 Å². The van der Waals surface area contributed by atoms with Gasteiger partial charge in [0.15, 0.2) is 9.84 Å². The van der Waals surface area contributed by atoms with E-state index in [2.05, 4.69) is 10.4 Å². The third-order valence-corrected chi connectivity index (χ3v) is 7.70. The van der Waals surface area contributed by atoms with Crippen molar-refractivity contribution in [3.63, 3.8) is 0 Å². The zero-order valence-electron chi connectivity index (χ0n) is 14.9. The molecule has 1 unspecified atom stereocenters. The van der Waals surface area contributed by atoms with Crippen molar-refractivity contribution in [3.05, 3.63) is 24.3 Å². The van der Waals surface area contributed by atoms with Crippen LogP contribution in [0.5, 0.6) is 0 Å². The number of carbonyl (C=O) groups is 2. The summed E-state index contributed by atoms with van der Waals surface area (Å²) in [6.07, 6.45) is 0.291. The number of sulfone groups is 2. The predicted molar refractivity (Wildman–Crippen MR) is 98.8 cm³/mol. The van der Waals surface area contributed by atoms with Crippen LogP contribution in [0, 0.1) is 0 Å². The molecule has 2 aliphatic rings. The van der Waals surface area contributed by atoms with Crippen molar-refractivity contribution in [2.75, 3.05) is 16.8 Å². The fourth-order valence-electron chi connectivity index (χ4n) is 3.02. The van der Waals surface area contributed by atoms with Gasteiger partial charge in [-0.05, 0) is 30.7 Å². The van der Waals surface area contributed by atoms with Crippen LogP contribution in [-0.2, 0) is 29.3 Å². The molecule has 1 saturated heterocycles. The molecule has 0 aromatic heterocycles. The van der Waals surface area contributed by atoms with Crippen LogP contribution in [0.4, 0.5) is 14.5 Å². The molecule has 3 rings (SSSR count). The first-order chi connectivity index (χ1) is 13.5. The van der Waals surface area contributed by atoms with E-state index in [9.17, 15) is 35.2 Å². The average Bonchev–Trinajstić information content (AvgIpc) is 3.02. The molecule has 2 heterocycles. The van der Waals surface area contributed by atoms with Crippen molar-refractivity contribution >= 4 is 42.9 Å². The molecule has 1 N–H and O–H groups in total. The predicted octanol–water partition coefficient (Wildman–Crippen LogP) is 0.787. The quantitative estimate of drug-likeness (QED) is 0.707. The molecule has 0 aliphatic carbocycles. The van der Waals surface area contributed by atoms with E-state index in [1.165, 1.54) is 0 Å². The Morgan fingerprint density at radius 3 is 2.41 bits per heavy atom. The van der Waals surface area contributed by atoms with Crippen molar-refractivity contribution in [1.29, 1.82) is 0 Å². The summed E-state index contributed by atoms with van der Waals surface area (Å²) in [5, 5.41) is 7.51. The Morgan fingerprint density at radius 2 is 1.86 bits per heavy atom.